The molecule has 0 aromatic heterocycles. The highest BCUT2D eigenvalue weighted by molar-refractivity contribution is 5.54. The Kier molecular flexibility index (Phi) is 4.89. The lowest BCUT2D eigenvalue weighted by Crippen LogP contribution is -2.56. The van der Waals surface area contributed by atoms with Gasteiger partial charge >= 0.3 is 0 Å². The highest BCUT2D eigenvalue weighted by Crippen LogP contribution is 2.60. The molecule has 0 radical (unpaired) electrons. The fraction of sp³-hybridized carbons (Fsp3) is 0.478. The van der Waals surface area contributed by atoms with Crippen molar-refractivity contribution in [3.8, 4) is 24.3 Å². The molecule has 1 aromatic carbocycles. The van der Waals surface area contributed by atoms with Gasteiger partial charge in [-0.25, -0.2) is 0 Å². The van der Waals surface area contributed by atoms with Crippen LogP contribution in [0.15, 0.2) is 41.6 Å². The van der Waals surface area contributed by atoms with E-state index in [1.54, 1.807) is 0 Å². The molecule has 1 heterocycles. The highest BCUT2D eigenvalue weighted by atomic mass is 15.0. The van der Waals surface area contributed by atoms with E-state index >= 15 is 0 Å². The molecule has 3 rings (SSSR count). The first-order valence-corrected chi connectivity index (χ1v) is 9.63. The van der Waals surface area contributed by atoms with E-state index in [0.29, 0.717) is 11.5 Å². The summed E-state index contributed by atoms with van der Waals surface area (Å²) >= 11 is 0. The number of benzene rings is 1. The van der Waals surface area contributed by atoms with Gasteiger partial charge in [0.1, 0.15) is 0 Å². The summed E-state index contributed by atoms with van der Waals surface area (Å²) in [7, 11) is 0. The Balaban J connectivity index is 2.41. The first kappa shape index (κ1) is 19.5. The molecule has 3 atom stereocenters. The van der Waals surface area contributed by atoms with Crippen LogP contribution < -0.4 is 5.32 Å². The van der Waals surface area contributed by atoms with Crippen LogP contribution in [0, 0.1) is 73.9 Å². The van der Waals surface area contributed by atoms with E-state index in [4.69, 9.17) is 0 Å². The molecule has 1 N–H and O–H groups in total. The number of nitrogens with one attached hydrogen (secondary N) is 1. The van der Waals surface area contributed by atoms with Crippen LogP contribution in [0.2, 0.25) is 0 Å². The van der Waals surface area contributed by atoms with Crippen LogP contribution in [0.4, 0.5) is 0 Å². The van der Waals surface area contributed by atoms with Crippen molar-refractivity contribution < 1.29 is 0 Å². The molecule has 1 aliphatic carbocycles. The molecule has 0 bridgehead atoms. The number of rotatable bonds is 2. The number of hydrogen-bond acceptors (Lipinski definition) is 5. The van der Waals surface area contributed by atoms with Gasteiger partial charge in [0.2, 0.25) is 10.8 Å². The Morgan fingerprint density at radius 2 is 1.57 bits per heavy atom. The third-order valence-electron chi connectivity index (χ3n) is 6.42. The summed E-state index contributed by atoms with van der Waals surface area (Å²) in [6.45, 7) is 6.24. The van der Waals surface area contributed by atoms with Crippen molar-refractivity contribution in [2.45, 2.75) is 39.7 Å². The second-order valence-corrected chi connectivity index (χ2v) is 8.15. The maximum absolute atomic E-state index is 10.2. The van der Waals surface area contributed by atoms with Crippen molar-refractivity contribution in [1.82, 2.24) is 5.32 Å². The van der Waals surface area contributed by atoms with Crippen molar-refractivity contribution in [2.24, 2.45) is 28.6 Å². The summed E-state index contributed by atoms with van der Waals surface area (Å²) < 4.78 is 0. The summed E-state index contributed by atoms with van der Waals surface area (Å²) in [4.78, 5) is 0. The number of nitriles is 4. The minimum Gasteiger partial charge on any atom is -0.378 e. The molecule has 28 heavy (non-hydrogen) atoms. The molecule has 2 aliphatic rings. The van der Waals surface area contributed by atoms with Crippen molar-refractivity contribution in [3.05, 3.63) is 47.2 Å². The Morgan fingerprint density at radius 1 is 0.964 bits per heavy atom. The second kappa shape index (κ2) is 7.03. The van der Waals surface area contributed by atoms with Gasteiger partial charge in [-0.3, -0.25) is 0 Å². The largest absolute Gasteiger partial charge is 0.378 e. The smallest absolute Gasteiger partial charge is 0.203 e. The van der Waals surface area contributed by atoms with E-state index in [-0.39, 0.29) is 11.8 Å². The topological polar surface area (TPSA) is 107 Å². The summed E-state index contributed by atoms with van der Waals surface area (Å²) in [6.07, 6.45) is 1.78. The predicted molar refractivity (Wildman–Crippen MR) is 103 cm³/mol. The van der Waals surface area contributed by atoms with Crippen LogP contribution >= 0.6 is 0 Å². The molecule has 0 spiro atoms. The maximum atomic E-state index is 10.2. The Hall–Kier alpha value is -3.28. The molecular weight excluding hydrogens is 346 g/mol. The zero-order valence-electron chi connectivity index (χ0n) is 16.4. The summed E-state index contributed by atoms with van der Waals surface area (Å²) in [5, 5.41) is 44.4. The van der Waals surface area contributed by atoms with E-state index in [1.807, 2.05) is 37.3 Å². The maximum Gasteiger partial charge on any atom is 0.203 e. The first-order chi connectivity index (χ1) is 13.4. The molecule has 140 valence electrons. The lowest BCUT2D eigenvalue weighted by Gasteiger charge is -2.51. The Morgan fingerprint density at radius 3 is 2.07 bits per heavy atom. The molecule has 1 aromatic rings. The van der Waals surface area contributed by atoms with Gasteiger partial charge in [-0.1, -0.05) is 51.1 Å². The minimum atomic E-state index is -1.84. The van der Waals surface area contributed by atoms with Gasteiger partial charge in [-0.05, 0) is 35.8 Å². The van der Waals surface area contributed by atoms with E-state index in [2.05, 4.69) is 43.4 Å². The quantitative estimate of drug-likeness (QED) is 0.833. The van der Waals surface area contributed by atoms with E-state index in [1.165, 1.54) is 0 Å². The lowest BCUT2D eigenvalue weighted by molar-refractivity contribution is 0.175. The fourth-order valence-corrected chi connectivity index (χ4v) is 4.92. The highest BCUT2D eigenvalue weighted by Gasteiger charge is 2.66. The number of hydrogen-bond donors (Lipinski definition) is 1. The molecule has 1 aliphatic heterocycles. The number of allylic oxidation sites excluding steroid dienone is 2. The van der Waals surface area contributed by atoms with E-state index < -0.39 is 16.9 Å². The molecule has 5 heteroatoms. The van der Waals surface area contributed by atoms with Crippen LogP contribution in [0.25, 0.3) is 0 Å². The van der Waals surface area contributed by atoms with Gasteiger partial charge in [-0.2, -0.15) is 21.0 Å². The Bertz CT molecular complexity index is 933. The van der Waals surface area contributed by atoms with Crippen LogP contribution in [0.3, 0.4) is 0 Å². The van der Waals surface area contributed by atoms with E-state index in [9.17, 15) is 21.0 Å². The summed E-state index contributed by atoms with van der Waals surface area (Å²) in [6, 6.07) is 16.9. The molecule has 0 fully saturated rings. The van der Waals surface area contributed by atoms with Gasteiger partial charge in [0.05, 0.1) is 30.3 Å². The normalized spacial score (nSPS) is 27.4. The first-order valence-electron chi connectivity index (χ1n) is 9.63. The van der Waals surface area contributed by atoms with Crippen molar-refractivity contribution in [2.75, 3.05) is 0 Å². The van der Waals surface area contributed by atoms with Crippen molar-refractivity contribution in [3.63, 3.8) is 0 Å². The average molecular weight is 369 g/mol. The molecule has 0 unspecified atom stereocenters. The average Bonchev–Trinajstić information content (AvgIpc) is 2.72. The van der Waals surface area contributed by atoms with Crippen LogP contribution in [-0.2, 0) is 0 Å². The monoisotopic (exact) mass is 369 g/mol. The summed E-state index contributed by atoms with van der Waals surface area (Å²) in [5.74, 6) is 0.427. The second-order valence-electron chi connectivity index (χ2n) is 8.15. The third kappa shape index (κ3) is 2.41. The van der Waals surface area contributed by atoms with Crippen molar-refractivity contribution >= 4 is 0 Å². The molecule has 0 amide bonds. The zero-order valence-corrected chi connectivity index (χ0v) is 16.4. The molecular formula is C23H23N5. The van der Waals surface area contributed by atoms with Crippen molar-refractivity contribution in [1.29, 1.82) is 21.0 Å². The molecule has 5 nitrogen and oxygen atoms in total. The van der Waals surface area contributed by atoms with Crippen LogP contribution in [-0.4, -0.2) is 0 Å². The SMILES string of the molecule is CC(C)[C@H]1CC[C@H](C)C2=C1N[C@H](c1ccccc1)C(C#N)(C#N)C2(C#N)C#N. The Labute approximate surface area is 166 Å². The zero-order chi connectivity index (χ0) is 20.5. The fourth-order valence-electron chi connectivity index (χ4n) is 4.92. The van der Waals surface area contributed by atoms with Gasteiger partial charge in [0.15, 0.2) is 0 Å². The lowest BCUT2D eigenvalue weighted by atomic mass is 9.51. The van der Waals surface area contributed by atoms with Crippen LogP contribution in [0.5, 0.6) is 0 Å². The van der Waals surface area contributed by atoms with Gasteiger partial charge < -0.3 is 5.32 Å². The van der Waals surface area contributed by atoms with Gasteiger partial charge in [0.25, 0.3) is 0 Å². The number of nitrogens with zero attached hydrogens (tertiary/aromatic N) is 4. The van der Waals surface area contributed by atoms with E-state index in [0.717, 1.165) is 24.1 Å². The summed E-state index contributed by atoms with van der Waals surface area (Å²) in [5.41, 5.74) is -1.41. The predicted octanol–water partition coefficient (Wildman–Crippen LogP) is 4.35. The molecule has 0 saturated heterocycles. The molecule has 0 saturated carbocycles. The third-order valence-corrected chi connectivity index (χ3v) is 6.42. The van der Waals surface area contributed by atoms with Gasteiger partial charge in [0, 0.05) is 11.6 Å². The minimum absolute atomic E-state index is 0.0467. The van der Waals surface area contributed by atoms with Gasteiger partial charge in [-0.15, -0.1) is 0 Å². The van der Waals surface area contributed by atoms with Crippen LogP contribution in [0.1, 0.15) is 45.2 Å². The standard InChI is InChI=1S/C23H23N5/c1-15(2)18-10-9-16(3)19-20(18)28-21(17-7-5-4-6-8-17)23(13-26,14-27)22(19,11-24)12-25/h4-8,15-16,18,21,28H,9-10H2,1-3H3/t16-,18+,21+/m0/s1.